The summed E-state index contributed by atoms with van der Waals surface area (Å²) < 4.78 is 0. The van der Waals surface area contributed by atoms with Crippen molar-refractivity contribution in [2.75, 3.05) is 31.5 Å². The van der Waals surface area contributed by atoms with Crippen molar-refractivity contribution in [2.24, 2.45) is 4.99 Å². The second kappa shape index (κ2) is 6.38. The van der Waals surface area contributed by atoms with E-state index in [4.69, 9.17) is 4.99 Å². The Morgan fingerprint density at radius 2 is 1.55 bits per heavy atom. The average Bonchev–Trinajstić information content (AvgIpc) is 2.72. The molecule has 2 heterocycles. The van der Waals surface area contributed by atoms with Gasteiger partial charge in [-0.05, 0) is 24.3 Å². The summed E-state index contributed by atoms with van der Waals surface area (Å²) in [5.74, 6) is 1.07. The molecule has 1 saturated heterocycles. The van der Waals surface area contributed by atoms with Gasteiger partial charge in [-0.1, -0.05) is 24.3 Å². The second-order valence-corrected chi connectivity index (χ2v) is 5.36. The van der Waals surface area contributed by atoms with E-state index in [1.165, 1.54) is 5.56 Å². The molecule has 0 saturated carbocycles. The number of amidine groups is 1. The Hall–Kier alpha value is -2.04. The maximum atomic E-state index is 4.96. The lowest BCUT2D eigenvalue weighted by Crippen LogP contribution is -2.46. The van der Waals surface area contributed by atoms with Gasteiger partial charge < -0.3 is 15.5 Å². The number of benzene rings is 2. The molecule has 4 rings (SSSR count). The monoisotopic (exact) mass is 314 g/mol. The summed E-state index contributed by atoms with van der Waals surface area (Å²) in [4.78, 5) is 7.33. The van der Waals surface area contributed by atoms with E-state index in [0.29, 0.717) is 0 Å². The van der Waals surface area contributed by atoms with Crippen molar-refractivity contribution in [2.45, 2.75) is 0 Å². The van der Waals surface area contributed by atoms with Crippen LogP contribution in [-0.4, -0.2) is 36.9 Å². The standard InChI is InChI=1S/C17H18N4.ClH/c1-2-6-14-13(5-1)17(21-11-9-18-10-12-21)20-16-8-4-3-7-15(16)19-14;/h1-8,18-19H,9-12H2;1H. The highest BCUT2D eigenvalue weighted by Gasteiger charge is 2.21. The first-order chi connectivity index (χ1) is 10.4. The van der Waals surface area contributed by atoms with Gasteiger partial charge in [0.1, 0.15) is 5.84 Å². The lowest BCUT2D eigenvalue weighted by atomic mass is 10.1. The van der Waals surface area contributed by atoms with Gasteiger partial charge in [0.05, 0.1) is 11.4 Å². The summed E-state index contributed by atoms with van der Waals surface area (Å²) in [6, 6.07) is 16.6. The maximum Gasteiger partial charge on any atom is 0.138 e. The van der Waals surface area contributed by atoms with Crippen molar-refractivity contribution >= 4 is 35.3 Å². The maximum absolute atomic E-state index is 4.96. The number of para-hydroxylation sites is 3. The molecule has 1 fully saturated rings. The largest absolute Gasteiger partial charge is 0.353 e. The van der Waals surface area contributed by atoms with Gasteiger partial charge in [-0.25, -0.2) is 4.99 Å². The molecular weight excluding hydrogens is 296 g/mol. The number of rotatable bonds is 0. The third-order valence-corrected chi connectivity index (χ3v) is 3.98. The van der Waals surface area contributed by atoms with Crippen LogP contribution in [-0.2, 0) is 0 Å². The van der Waals surface area contributed by atoms with Crippen LogP contribution in [0, 0.1) is 0 Å². The molecule has 0 aliphatic carbocycles. The third-order valence-electron chi connectivity index (χ3n) is 3.98. The number of hydrogen-bond donors (Lipinski definition) is 2. The van der Waals surface area contributed by atoms with Crippen LogP contribution >= 0.6 is 12.4 Å². The Morgan fingerprint density at radius 3 is 2.36 bits per heavy atom. The fourth-order valence-corrected chi connectivity index (χ4v) is 2.90. The first-order valence-electron chi connectivity index (χ1n) is 7.42. The van der Waals surface area contributed by atoms with Crippen LogP contribution in [0.4, 0.5) is 17.1 Å². The van der Waals surface area contributed by atoms with Crippen molar-refractivity contribution in [3.05, 3.63) is 54.1 Å². The Labute approximate surface area is 136 Å². The molecule has 5 heteroatoms. The molecule has 0 bridgehead atoms. The van der Waals surface area contributed by atoms with E-state index in [1.54, 1.807) is 0 Å². The van der Waals surface area contributed by atoms with Gasteiger partial charge >= 0.3 is 0 Å². The highest BCUT2D eigenvalue weighted by Crippen LogP contribution is 2.34. The lowest BCUT2D eigenvalue weighted by molar-refractivity contribution is 0.358. The van der Waals surface area contributed by atoms with E-state index < -0.39 is 0 Å². The molecule has 0 spiro atoms. The molecule has 2 aliphatic heterocycles. The zero-order valence-electron chi connectivity index (χ0n) is 12.2. The summed E-state index contributed by atoms with van der Waals surface area (Å²) >= 11 is 0. The van der Waals surface area contributed by atoms with Crippen molar-refractivity contribution in [3.63, 3.8) is 0 Å². The normalized spacial score (nSPS) is 16.4. The summed E-state index contributed by atoms with van der Waals surface area (Å²) in [6.45, 7) is 4.01. The van der Waals surface area contributed by atoms with Gasteiger partial charge in [-0.15, -0.1) is 12.4 Å². The molecule has 0 atom stereocenters. The molecule has 22 heavy (non-hydrogen) atoms. The summed E-state index contributed by atoms with van der Waals surface area (Å²) in [6.07, 6.45) is 0. The fraction of sp³-hybridized carbons (Fsp3) is 0.235. The molecular formula is C17H19ClN4. The van der Waals surface area contributed by atoms with E-state index in [2.05, 4.69) is 51.9 Å². The minimum Gasteiger partial charge on any atom is -0.353 e. The quantitative estimate of drug-likeness (QED) is 0.784. The predicted octanol–water partition coefficient (Wildman–Crippen LogP) is 3.15. The van der Waals surface area contributed by atoms with Gasteiger partial charge in [-0.2, -0.15) is 0 Å². The average molecular weight is 315 g/mol. The number of hydrogen-bond acceptors (Lipinski definition) is 4. The van der Waals surface area contributed by atoms with Gasteiger partial charge in [0.25, 0.3) is 0 Å². The second-order valence-electron chi connectivity index (χ2n) is 5.36. The molecule has 2 N–H and O–H groups in total. The Bertz CT molecular complexity index is 693. The molecule has 0 unspecified atom stereocenters. The zero-order valence-corrected chi connectivity index (χ0v) is 13.1. The SMILES string of the molecule is Cl.c1ccc2c(c1)N=C(N1CCNCC1)c1ccccc1N2. The fourth-order valence-electron chi connectivity index (χ4n) is 2.90. The molecule has 0 aromatic heterocycles. The van der Waals surface area contributed by atoms with E-state index in [1.807, 2.05) is 12.1 Å². The van der Waals surface area contributed by atoms with Crippen LogP contribution in [0.2, 0.25) is 0 Å². The molecule has 2 aliphatic rings. The zero-order chi connectivity index (χ0) is 14.1. The van der Waals surface area contributed by atoms with Crippen molar-refractivity contribution in [3.8, 4) is 0 Å². The number of anilines is 2. The number of fused-ring (bicyclic) bond motifs is 2. The third kappa shape index (κ3) is 2.67. The van der Waals surface area contributed by atoms with Gasteiger partial charge in [0, 0.05) is 37.4 Å². The molecule has 2 aromatic rings. The van der Waals surface area contributed by atoms with Crippen LogP contribution in [0.3, 0.4) is 0 Å². The van der Waals surface area contributed by atoms with E-state index in [9.17, 15) is 0 Å². The summed E-state index contributed by atoms with van der Waals surface area (Å²) in [5.41, 5.74) is 4.37. The van der Waals surface area contributed by atoms with Crippen molar-refractivity contribution < 1.29 is 0 Å². The van der Waals surface area contributed by atoms with Crippen LogP contribution < -0.4 is 10.6 Å². The van der Waals surface area contributed by atoms with Gasteiger partial charge in [0.2, 0.25) is 0 Å². The van der Waals surface area contributed by atoms with Crippen LogP contribution in [0.15, 0.2) is 53.5 Å². The molecule has 0 radical (unpaired) electrons. The van der Waals surface area contributed by atoms with Crippen molar-refractivity contribution in [1.82, 2.24) is 10.2 Å². The van der Waals surface area contributed by atoms with Gasteiger partial charge in [-0.3, -0.25) is 0 Å². The lowest BCUT2D eigenvalue weighted by Gasteiger charge is -2.30. The van der Waals surface area contributed by atoms with E-state index >= 15 is 0 Å². The highest BCUT2D eigenvalue weighted by atomic mass is 35.5. The minimum absolute atomic E-state index is 0. The number of aliphatic imine (C=N–C) groups is 1. The van der Waals surface area contributed by atoms with E-state index in [-0.39, 0.29) is 12.4 Å². The first-order valence-corrected chi connectivity index (χ1v) is 7.42. The Kier molecular flexibility index (Phi) is 4.32. The van der Waals surface area contributed by atoms with E-state index in [0.717, 1.165) is 49.1 Å². The van der Waals surface area contributed by atoms with Gasteiger partial charge in [0.15, 0.2) is 0 Å². The predicted molar refractivity (Wildman–Crippen MR) is 94.1 cm³/mol. The number of halogens is 1. The first kappa shape index (κ1) is 14.9. The highest BCUT2D eigenvalue weighted by molar-refractivity contribution is 6.07. The summed E-state index contributed by atoms with van der Waals surface area (Å²) in [5, 5.41) is 6.92. The topological polar surface area (TPSA) is 39.7 Å². The number of nitrogens with zero attached hydrogens (tertiary/aromatic N) is 2. The van der Waals surface area contributed by atoms with Crippen LogP contribution in [0.25, 0.3) is 0 Å². The molecule has 0 amide bonds. The Balaban J connectivity index is 0.00000144. The van der Waals surface area contributed by atoms with Crippen molar-refractivity contribution in [1.29, 1.82) is 0 Å². The van der Waals surface area contributed by atoms with Crippen LogP contribution in [0.5, 0.6) is 0 Å². The molecule has 2 aromatic carbocycles. The Morgan fingerprint density at radius 1 is 0.864 bits per heavy atom. The molecule has 4 nitrogen and oxygen atoms in total. The minimum atomic E-state index is 0. The summed E-state index contributed by atoms with van der Waals surface area (Å²) in [7, 11) is 0. The van der Waals surface area contributed by atoms with Crippen LogP contribution in [0.1, 0.15) is 5.56 Å². The molecule has 114 valence electrons. The number of nitrogens with one attached hydrogen (secondary N) is 2. The smallest absolute Gasteiger partial charge is 0.138 e. The number of piperazine rings is 1.